The van der Waals surface area contributed by atoms with Crippen LogP contribution in [0, 0.1) is 6.92 Å². The van der Waals surface area contributed by atoms with Gasteiger partial charge >= 0.3 is 5.97 Å². The van der Waals surface area contributed by atoms with Crippen LogP contribution < -0.4 is 0 Å². The van der Waals surface area contributed by atoms with Crippen LogP contribution in [0.25, 0.3) is 0 Å². The molecule has 1 amide bonds. The van der Waals surface area contributed by atoms with Gasteiger partial charge in [-0.2, -0.15) is 0 Å². The molecule has 1 aromatic rings. The molecular weight excluding hydrogens is 240 g/mol. The summed E-state index contributed by atoms with van der Waals surface area (Å²) in [6.45, 7) is 2.33. The van der Waals surface area contributed by atoms with Crippen molar-refractivity contribution in [2.45, 2.75) is 32.2 Å². The van der Waals surface area contributed by atoms with E-state index in [4.69, 9.17) is 5.11 Å². The zero-order valence-corrected chi connectivity index (χ0v) is 10.4. The van der Waals surface area contributed by atoms with Crippen molar-refractivity contribution in [2.24, 2.45) is 0 Å². The van der Waals surface area contributed by atoms with Gasteiger partial charge in [0.1, 0.15) is 11.7 Å². The highest BCUT2D eigenvalue weighted by molar-refractivity contribution is 7.09. The van der Waals surface area contributed by atoms with Crippen LogP contribution in [-0.4, -0.2) is 39.5 Å². The Morgan fingerprint density at radius 1 is 1.53 bits per heavy atom. The highest BCUT2D eigenvalue weighted by atomic mass is 32.1. The molecule has 1 aromatic heterocycles. The van der Waals surface area contributed by atoms with Gasteiger partial charge in [0.2, 0.25) is 0 Å². The summed E-state index contributed by atoms with van der Waals surface area (Å²) in [4.78, 5) is 29.6. The minimum absolute atomic E-state index is 0.254. The summed E-state index contributed by atoms with van der Waals surface area (Å²) in [6, 6.07) is -0.697. The molecule has 1 aliphatic heterocycles. The second-order valence-electron chi connectivity index (χ2n) is 4.11. The van der Waals surface area contributed by atoms with E-state index in [2.05, 4.69) is 4.98 Å². The molecule has 1 aliphatic rings. The Labute approximate surface area is 103 Å². The number of hydrogen-bond acceptors (Lipinski definition) is 4. The molecule has 0 spiro atoms. The molecular formula is C11H14N2O3S. The Kier molecular flexibility index (Phi) is 3.42. The number of hydrogen-bond donors (Lipinski definition) is 1. The van der Waals surface area contributed by atoms with E-state index in [1.165, 1.54) is 16.2 Å². The molecule has 1 fully saturated rings. The Hall–Kier alpha value is -1.43. The number of piperidine rings is 1. The van der Waals surface area contributed by atoms with Crippen molar-refractivity contribution >= 4 is 23.2 Å². The molecule has 17 heavy (non-hydrogen) atoms. The maximum Gasteiger partial charge on any atom is 0.326 e. The van der Waals surface area contributed by atoms with Gasteiger partial charge in [-0.15, -0.1) is 11.3 Å². The average Bonchev–Trinajstić information content (AvgIpc) is 2.74. The number of carbonyl (C=O) groups is 2. The lowest BCUT2D eigenvalue weighted by Crippen LogP contribution is -2.48. The molecule has 1 N–H and O–H groups in total. The largest absolute Gasteiger partial charge is 0.480 e. The van der Waals surface area contributed by atoms with Gasteiger partial charge in [0.05, 0.1) is 5.51 Å². The standard InChI is InChI=1S/C11H14N2O3S/c1-7-9(12-6-17-7)10(14)13-5-3-2-4-8(13)11(15)16/h6,8H,2-5H2,1H3,(H,15,16). The fraction of sp³-hybridized carbons (Fsp3) is 0.545. The monoisotopic (exact) mass is 254 g/mol. The average molecular weight is 254 g/mol. The summed E-state index contributed by atoms with van der Waals surface area (Å²) in [7, 11) is 0. The van der Waals surface area contributed by atoms with Crippen LogP contribution in [0.3, 0.4) is 0 Å². The van der Waals surface area contributed by atoms with Crippen LogP contribution in [0.1, 0.15) is 34.6 Å². The second-order valence-corrected chi connectivity index (χ2v) is 5.16. The first-order chi connectivity index (χ1) is 8.11. The lowest BCUT2D eigenvalue weighted by Gasteiger charge is -2.32. The fourth-order valence-corrected chi connectivity index (χ4v) is 2.65. The first-order valence-corrected chi connectivity index (χ1v) is 6.43. The SMILES string of the molecule is Cc1scnc1C(=O)N1CCCCC1C(=O)O. The van der Waals surface area contributed by atoms with Crippen molar-refractivity contribution in [1.82, 2.24) is 9.88 Å². The number of aromatic nitrogens is 1. The summed E-state index contributed by atoms with van der Waals surface area (Å²) in [6.07, 6.45) is 2.25. The van der Waals surface area contributed by atoms with Crippen LogP contribution in [0.2, 0.25) is 0 Å². The Morgan fingerprint density at radius 2 is 2.29 bits per heavy atom. The third-order valence-corrected chi connectivity index (χ3v) is 3.75. The zero-order valence-electron chi connectivity index (χ0n) is 9.55. The Bertz CT molecular complexity index is 444. The second kappa shape index (κ2) is 4.83. The lowest BCUT2D eigenvalue weighted by atomic mass is 10.0. The predicted octanol–water partition coefficient (Wildman–Crippen LogP) is 1.53. The van der Waals surface area contributed by atoms with Gasteiger partial charge in [-0.25, -0.2) is 9.78 Å². The molecule has 1 saturated heterocycles. The lowest BCUT2D eigenvalue weighted by molar-refractivity contribution is -0.143. The molecule has 1 unspecified atom stereocenters. The number of carbonyl (C=O) groups excluding carboxylic acids is 1. The molecule has 0 radical (unpaired) electrons. The topological polar surface area (TPSA) is 70.5 Å². The van der Waals surface area contributed by atoms with E-state index in [9.17, 15) is 9.59 Å². The summed E-state index contributed by atoms with van der Waals surface area (Å²) in [5.41, 5.74) is 2.01. The quantitative estimate of drug-likeness (QED) is 0.869. The zero-order chi connectivity index (χ0) is 12.4. The van der Waals surface area contributed by atoms with E-state index < -0.39 is 12.0 Å². The number of rotatable bonds is 2. The van der Waals surface area contributed by atoms with Crippen molar-refractivity contribution in [3.63, 3.8) is 0 Å². The summed E-state index contributed by atoms with van der Waals surface area (Å²) >= 11 is 1.40. The number of likely N-dealkylation sites (tertiary alicyclic amines) is 1. The van der Waals surface area contributed by atoms with Gasteiger partial charge in [0, 0.05) is 11.4 Å². The summed E-state index contributed by atoms with van der Waals surface area (Å²) in [5, 5.41) is 9.11. The molecule has 0 aromatic carbocycles. The molecule has 0 aliphatic carbocycles. The van der Waals surface area contributed by atoms with E-state index in [1.54, 1.807) is 5.51 Å². The van der Waals surface area contributed by atoms with Gasteiger partial charge in [0.25, 0.3) is 5.91 Å². The molecule has 1 atom stereocenters. The third-order valence-electron chi connectivity index (χ3n) is 3.00. The first kappa shape index (κ1) is 12.0. The van der Waals surface area contributed by atoms with E-state index in [-0.39, 0.29) is 5.91 Å². The number of thiazole rings is 1. The van der Waals surface area contributed by atoms with Crippen LogP contribution in [0.5, 0.6) is 0 Å². The minimum atomic E-state index is -0.925. The minimum Gasteiger partial charge on any atom is -0.480 e. The van der Waals surface area contributed by atoms with E-state index in [1.807, 2.05) is 6.92 Å². The molecule has 5 nitrogen and oxygen atoms in total. The molecule has 0 saturated carbocycles. The molecule has 2 heterocycles. The van der Waals surface area contributed by atoms with Crippen LogP contribution in [0.15, 0.2) is 5.51 Å². The maximum atomic E-state index is 12.2. The van der Waals surface area contributed by atoms with E-state index >= 15 is 0 Å². The number of amides is 1. The Balaban J connectivity index is 2.23. The van der Waals surface area contributed by atoms with Gasteiger partial charge in [-0.05, 0) is 26.2 Å². The van der Waals surface area contributed by atoms with Gasteiger partial charge in [0.15, 0.2) is 0 Å². The number of aryl methyl sites for hydroxylation is 1. The normalized spacial score (nSPS) is 20.3. The molecule has 2 rings (SSSR count). The van der Waals surface area contributed by atoms with Crippen molar-refractivity contribution in [1.29, 1.82) is 0 Å². The van der Waals surface area contributed by atoms with Crippen LogP contribution in [-0.2, 0) is 4.79 Å². The van der Waals surface area contributed by atoms with Crippen molar-refractivity contribution in [3.8, 4) is 0 Å². The Morgan fingerprint density at radius 3 is 2.88 bits per heavy atom. The highest BCUT2D eigenvalue weighted by Gasteiger charge is 2.33. The molecule has 6 heteroatoms. The van der Waals surface area contributed by atoms with Gasteiger partial charge in [-0.1, -0.05) is 0 Å². The molecule has 92 valence electrons. The smallest absolute Gasteiger partial charge is 0.326 e. The van der Waals surface area contributed by atoms with E-state index in [0.717, 1.165) is 17.7 Å². The first-order valence-electron chi connectivity index (χ1n) is 5.55. The predicted molar refractivity (Wildman–Crippen MR) is 63.2 cm³/mol. The molecule has 0 bridgehead atoms. The highest BCUT2D eigenvalue weighted by Crippen LogP contribution is 2.21. The summed E-state index contributed by atoms with van der Waals surface area (Å²) < 4.78 is 0. The van der Waals surface area contributed by atoms with Crippen LogP contribution in [0.4, 0.5) is 0 Å². The number of carboxylic acids is 1. The number of nitrogens with zero attached hydrogens (tertiary/aromatic N) is 2. The van der Waals surface area contributed by atoms with Gasteiger partial charge < -0.3 is 10.0 Å². The maximum absolute atomic E-state index is 12.2. The fourth-order valence-electron chi connectivity index (χ4n) is 2.08. The third kappa shape index (κ3) is 2.31. The van der Waals surface area contributed by atoms with Gasteiger partial charge in [-0.3, -0.25) is 4.79 Å². The van der Waals surface area contributed by atoms with Crippen molar-refractivity contribution in [3.05, 3.63) is 16.1 Å². The number of carboxylic acid groups (broad SMARTS) is 1. The number of aliphatic carboxylic acids is 1. The summed E-state index contributed by atoms with van der Waals surface area (Å²) in [5.74, 6) is -1.18. The van der Waals surface area contributed by atoms with Crippen molar-refractivity contribution in [2.75, 3.05) is 6.54 Å². The van der Waals surface area contributed by atoms with E-state index in [0.29, 0.717) is 18.7 Å². The van der Waals surface area contributed by atoms with Crippen molar-refractivity contribution < 1.29 is 14.7 Å². The van der Waals surface area contributed by atoms with Crippen LogP contribution >= 0.6 is 11.3 Å².